The zero-order valence-corrected chi connectivity index (χ0v) is 14.6. The van der Waals surface area contributed by atoms with E-state index in [4.69, 9.17) is 17.3 Å². The molecule has 2 rings (SSSR count). The summed E-state index contributed by atoms with van der Waals surface area (Å²) >= 11 is 9.26. The molecule has 112 valence electrons. The van der Waals surface area contributed by atoms with Crippen LogP contribution >= 0.6 is 27.5 Å². The van der Waals surface area contributed by atoms with Crippen molar-refractivity contribution >= 4 is 48.9 Å². The zero-order valence-electron chi connectivity index (χ0n) is 11.4. The van der Waals surface area contributed by atoms with E-state index >= 15 is 0 Å². The van der Waals surface area contributed by atoms with Gasteiger partial charge in [-0.2, -0.15) is 0 Å². The van der Waals surface area contributed by atoms with Crippen molar-refractivity contribution < 1.29 is 8.42 Å². The Kier molecular flexibility index (Phi) is 4.51. The lowest BCUT2D eigenvalue weighted by atomic mass is 10.2. The lowest BCUT2D eigenvalue weighted by Crippen LogP contribution is -2.14. The summed E-state index contributed by atoms with van der Waals surface area (Å²) in [5, 5.41) is 0.338. The maximum atomic E-state index is 12.5. The molecule has 0 unspecified atom stereocenters. The molecular formula is C14H14BrClN2O2S. The Hall–Kier alpha value is -1.24. The standard InChI is InChI=1S/C14H14BrClN2O2S/c1-8-3-4-10(6-11(8)15)18-21(19,20)14-7-13(17)12(16)5-9(14)2/h3-7,18H,17H2,1-2H3. The molecule has 0 aliphatic carbocycles. The predicted molar refractivity (Wildman–Crippen MR) is 90.3 cm³/mol. The highest BCUT2D eigenvalue weighted by atomic mass is 79.9. The van der Waals surface area contributed by atoms with Crippen molar-refractivity contribution in [3.8, 4) is 0 Å². The second kappa shape index (κ2) is 5.87. The molecule has 3 N–H and O–H groups in total. The average Bonchev–Trinajstić information content (AvgIpc) is 2.37. The summed E-state index contributed by atoms with van der Waals surface area (Å²) in [6.45, 7) is 3.59. The third-order valence-electron chi connectivity index (χ3n) is 3.01. The van der Waals surface area contributed by atoms with Crippen molar-refractivity contribution in [1.29, 1.82) is 0 Å². The van der Waals surface area contributed by atoms with Gasteiger partial charge in [-0.1, -0.05) is 33.6 Å². The zero-order chi connectivity index (χ0) is 15.8. The van der Waals surface area contributed by atoms with Crippen LogP contribution in [0.5, 0.6) is 0 Å². The highest BCUT2D eigenvalue weighted by molar-refractivity contribution is 9.10. The monoisotopic (exact) mass is 388 g/mol. The number of rotatable bonds is 3. The van der Waals surface area contributed by atoms with Crippen LogP contribution in [0, 0.1) is 13.8 Å². The normalized spacial score (nSPS) is 11.4. The Balaban J connectivity index is 2.43. The van der Waals surface area contributed by atoms with Crippen LogP contribution in [-0.4, -0.2) is 8.42 Å². The highest BCUT2D eigenvalue weighted by Gasteiger charge is 2.19. The van der Waals surface area contributed by atoms with Crippen molar-refractivity contribution in [3.05, 3.63) is 51.0 Å². The molecule has 0 spiro atoms. The third kappa shape index (κ3) is 3.51. The van der Waals surface area contributed by atoms with Crippen LogP contribution in [0.1, 0.15) is 11.1 Å². The SMILES string of the molecule is Cc1ccc(NS(=O)(=O)c2cc(N)c(Cl)cc2C)cc1Br. The summed E-state index contributed by atoms with van der Waals surface area (Å²) in [4.78, 5) is 0.112. The second-order valence-corrected chi connectivity index (χ2v) is 7.62. The number of hydrogen-bond acceptors (Lipinski definition) is 3. The van der Waals surface area contributed by atoms with Gasteiger partial charge in [0, 0.05) is 10.2 Å². The minimum Gasteiger partial charge on any atom is -0.397 e. The fourth-order valence-corrected chi connectivity index (χ4v) is 3.73. The predicted octanol–water partition coefficient (Wildman–Crippen LogP) is 4.10. The van der Waals surface area contributed by atoms with Crippen LogP contribution in [0.4, 0.5) is 11.4 Å². The van der Waals surface area contributed by atoms with Crippen LogP contribution in [0.15, 0.2) is 39.7 Å². The van der Waals surface area contributed by atoms with Gasteiger partial charge in [0.25, 0.3) is 10.0 Å². The quantitative estimate of drug-likeness (QED) is 0.776. The molecule has 0 amide bonds. The van der Waals surface area contributed by atoms with Gasteiger partial charge < -0.3 is 5.73 Å². The molecule has 2 aromatic carbocycles. The number of sulfonamides is 1. The molecule has 0 bridgehead atoms. The fourth-order valence-electron chi connectivity index (χ4n) is 1.82. The minimum absolute atomic E-state index is 0.112. The Morgan fingerprint density at radius 2 is 1.81 bits per heavy atom. The van der Waals surface area contributed by atoms with Gasteiger partial charge in [-0.15, -0.1) is 0 Å². The van der Waals surface area contributed by atoms with E-state index < -0.39 is 10.0 Å². The molecule has 4 nitrogen and oxygen atoms in total. The van der Waals surface area contributed by atoms with E-state index in [0.29, 0.717) is 16.3 Å². The van der Waals surface area contributed by atoms with E-state index in [1.807, 2.05) is 13.0 Å². The van der Waals surface area contributed by atoms with Crippen LogP contribution in [0.2, 0.25) is 5.02 Å². The summed E-state index contributed by atoms with van der Waals surface area (Å²) in [7, 11) is -3.72. The van der Waals surface area contributed by atoms with Gasteiger partial charge in [0.05, 0.1) is 15.6 Å². The first-order valence-corrected chi connectivity index (χ1v) is 8.71. The number of aryl methyl sites for hydroxylation is 2. The molecular weight excluding hydrogens is 376 g/mol. The van der Waals surface area contributed by atoms with Crippen molar-refractivity contribution in [1.82, 2.24) is 0 Å². The van der Waals surface area contributed by atoms with Crippen molar-refractivity contribution in [2.24, 2.45) is 0 Å². The number of hydrogen-bond donors (Lipinski definition) is 2. The number of benzene rings is 2. The third-order valence-corrected chi connectivity index (χ3v) is 5.71. The maximum Gasteiger partial charge on any atom is 0.262 e. The van der Waals surface area contributed by atoms with Crippen molar-refractivity contribution in [2.45, 2.75) is 18.7 Å². The van der Waals surface area contributed by atoms with Crippen LogP contribution in [0.25, 0.3) is 0 Å². The van der Waals surface area contributed by atoms with Gasteiger partial charge in [0.1, 0.15) is 0 Å². The lowest BCUT2D eigenvalue weighted by molar-refractivity contribution is 0.600. The minimum atomic E-state index is -3.72. The van der Waals surface area contributed by atoms with Gasteiger partial charge in [-0.25, -0.2) is 8.42 Å². The molecule has 0 aliphatic rings. The Morgan fingerprint density at radius 1 is 1.14 bits per heavy atom. The van der Waals surface area contributed by atoms with E-state index in [2.05, 4.69) is 20.7 Å². The second-order valence-electron chi connectivity index (χ2n) is 4.71. The van der Waals surface area contributed by atoms with E-state index in [1.54, 1.807) is 19.1 Å². The Labute approximate surface area is 137 Å². The Morgan fingerprint density at radius 3 is 2.43 bits per heavy atom. The van der Waals surface area contributed by atoms with Gasteiger partial charge >= 0.3 is 0 Å². The number of anilines is 2. The van der Waals surface area contributed by atoms with E-state index in [0.717, 1.165) is 10.0 Å². The van der Waals surface area contributed by atoms with Gasteiger partial charge in [0.2, 0.25) is 0 Å². The molecule has 2 aromatic rings. The molecule has 21 heavy (non-hydrogen) atoms. The molecule has 0 aromatic heterocycles. The first kappa shape index (κ1) is 16.1. The molecule has 0 fully saturated rings. The van der Waals surface area contributed by atoms with Gasteiger partial charge in [-0.05, 0) is 49.2 Å². The summed E-state index contributed by atoms with van der Waals surface area (Å²) in [6.07, 6.45) is 0. The number of nitrogen functional groups attached to an aromatic ring is 1. The van der Waals surface area contributed by atoms with E-state index in [1.165, 1.54) is 12.1 Å². The summed E-state index contributed by atoms with van der Waals surface area (Å²) in [6, 6.07) is 8.14. The molecule has 0 radical (unpaired) electrons. The largest absolute Gasteiger partial charge is 0.397 e. The molecule has 0 saturated carbocycles. The molecule has 0 heterocycles. The smallest absolute Gasteiger partial charge is 0.262 e. The lowest BCUT2D eigenvalue weighted by Gasteiger charge is -2.12. The number of nitrogens with two attached hydrogens (primary N) is 1. The molecule has 0 aliphatic heterocycles. The topological polar surface area (TPSA) is 72.2 Å². The molecule has 7 heteroatoms. The summed E-state index contributed by atoms with van der Waals surface area (Å²) < 4.78 is 28.3. The highest BCUT2D eigenvalue weighted by Crippen LogP contribution is 2.28. The first-order chi connectivity index (χ1) is 9.70. The summed E-state index contributed by atoms with van der Waals surface area (Å²) in [5.74, 6) is 0. The number of halogens is 2. The van der Waals surface area contributed by atoms with Gasteiger partial charge in [-0.3, -0.25) is 4.72 Å². The molecule has 0 atom stereocenters. The van der Waals surface area contributed by atoms with Gasteiger partial charge in [0.15, 0.2) is 0 Å². The Bertz CT molecular complexity index is 807. The van der Waals surface area contributed by atoms with Crippen molar-refractivity contribution in [3.63, 3.8) is 0 Å². The fraction of sp³-hybridized carbons (Fsp3) is 0.143. The van der Waals surface area contributed by atoms with Crippen LogP contribution in [0.3, 0.4) is 0 Å². The van der Waals surface area contributed by atoms with Crippen LogP contribution < -0.4 is 10.5 Å². The first-order valence-electron chi connectivity index (χ1n) is 6.05. The summed E-state index contributed by atoms with van der Waals surface area (Å²) in [5.41, 5.74) is 7.95. The number of nitrogens with one attached hydrogen (secondary N) is 1. The van der Waals surface area contributed by atoms with E-state index in [-0.39, 0.29) is 10.6 Å². The van der Waals surface area contributed by atoms with Crippen LogP contribution in [-0.2, 0) is 10.0 Å². The molecule has 0 saturated heterocycles. The maximum absolute atomic E-state index is 12.5. The van der Waals surface area contributed by atoms with E-state index in [9.17, 15) is 8.42 Å². The average molecular weight is 390 g/mol. The van der Waals surface area contributed by atoms with Crippen molar-refractivity contribution in [2.75, 3.05) is 10.5 Å².